The molecule has 1 aromatic heterocycles. The van der Waals surface area contributed by atoms with E-state index in [1.807, 2.05) is 0 Å². The molecule has 0 bridgehead atoms. The van der Waals surface area contributed by atoms with Gasteiger partial charge in [0.05, 0.1) is 0 Å². The summed E-state index contributed by atoms with van der Waals surface area (Å²) in [6.45, 7) is 1.32. The molecule has 1 aromatic carbocycles. The van der Waals surface area contributed by atoms with Crippen LogP contribution in [0.15, 0.2) is 36.7 Å². The number of halogens is 1. The molecule has 1 aliphatic heterocycles. The lowest BCUT2D eigenvalue weighted by Crippen LogP contribution is -2.41. The van der Waals surface area contributed by atoms with Gasteiger partial charge in [-0.1, -0.05) is 6.07 Å². The average molecular weight is 345 g/mol. The largest absolute Gasteiger partial charge is 0.437 e. The normalized spacial score (nSPS) is 17.4. The van der Waals surface area contributed by atoms with Crippen molar-refractivity contribution in [1.82, 2.24) is 14.9 Å². The fraction of sp³-hybridized carbons (Fsp3) is 0.389. The van der Waals surface area contributed by atoms with Crippen molar-refractivity contribution in [3.63, 3.8) is 0 Å². The van der Waals surface area contributed by atoms with Gasteiger partial charge in [-0.05, 0) is 25.0 Å². The van der Waals surface area contributed by atoms with E-state index in [1.165, 1.54) is 25.4 Å². The van der Waals surface area contributed by atoms with Gasteiger partial charge in [0, 0.05) is 44.6 Å². The minimum Gasteiger partial charge on any atom is -0.437 e. The van der Waals surface area contributed by atoms with Crippen LogP contribution in [0.5, 0.6) is 11.6 Å². The van der Waals surface area contributed by atoms with Crippen molar-refractivity contribution in [3.05, 3.63) is 48.2 Å². The number of benzene rings is 1. The number of hydrogen-bond acceptors (Lipinski definition) is 5. The second kappa shape index (κ2) is 8.02. The number of likely N-dealkylation sites (tertiary alicyclic amines) is 1. The van der Waals surface area contributed by atoms with Crippen LogP contribution >= 0.6 is 0 Å². The van der Waals surface area contributed by atoms with Crippen LogP contribution in [-0.2, 0) is 9.53 Å². The first-order valence-corrected chi connectivity index (χ1v) is 8.18. The van der Waals surface area contributed by atoms with Gasteiger partial charge in [0.1, 0.15) is 23.9 Å². The molecule has 0 saturated carbocycles. The van der Waals surface area contributed by atoms with E-state index in [9.17, 15) is 9.18 Å². The van der Waals surface area contributed by atoms with E-state index in [4.69, 9.17) is 9.47 Å². The molecule has 0 spiro atoms. The second-order valence-electron chi connectivity index (χ2n) is 5.92. The molecule has 3 rings (SSSR count). The minimum absolute atomic E-state index is 0.0202. The lowest BCUT2D eigenvalue weighted by atomic mass is 9.94. The van der Waals surface area contributed by atoms with E-state index in [-0.39, 0.29) is 24.2 Å². The molecular weight excluding hydrogens is 325 g/mol. The maximum absolute atomic E-state index is 13.4. The topological polar surface area (TPSA) is 64.5 Å². The van der Waals surface area contributed by atoms with Gasteiger partial charge >= 0.3 is 0 Å². The number of carbonyl (C=O) groups is 1. The summed E-state index contributed by atoms with van der Waals surface area (Å²) in [6.07, 6.45) is 4.89. The maximum Gasteiger partial charge on any atom is 0.248 e. The van der Waals surface area contributed by atoms with E-state index in [0.29, 0.717) is 30.4 Å². The summed E-state index contributed by atoms with van der Waals surface area (Å²) in [6, 6.07) is 5.89. The molecule has 1 fully saturated rings. The Morgan fingerprint density at radius 2 is 2.20 bits per heavy atom. The van der Waals surface area contributed by atoms with Gasteiger partial charge in [-0.2, -0.15) is 0 Å². The highest BCUT2D eigenvalue weighted by Crippen LogP contribution is 2.32. The monoisotopic (exact) mass is 345 g/mol. The molecule has 1 aliphatic rings. The van der Waals surface area contributed by atoms with Crippen LogP contribution in [0.4, 0.5) is 4.39 Å². The summed E-state index contributed by atoms with van der Waals surface area (Å²) in [4.78, 5) is 22.5. The molecule has 0 radical (unpaired) electrons. The molecule has 7 heteroatoms. The lowest BCUT2D eigenvalue weighted by molar-refractivity contribution is -0.136. The van der Waals surface area contributed by atoms with Crippen LogP contribution in [0, 0.1) is 5.82 Å². The zero-order chi connectivity index (χ0) is 17.6. The Labute approximate surface area is 145 Å². The van der Waals surface area contributed by atoms with E-state index in [0.717, 1.165) is 12.8 Å². The molecule has 132 valence electrons. The van der Waals surface area contributed by atoms with Crippen LogP contribution in [0.25, 0.3) is 0 Å². The summed E-state index contributed by atoms with van der Waals surface area (Å²) >= 11 is 0. The highest BCUT2D eigenvalue weighted by Gasteiger charge is 2.28. The standard InChI is InChI=1S/C18H20FN3O3/c1-24-12-16(23)22-9-3-4-13(11-22)17-18(21-8-7-20-17)25-15-6-2-5-14(19)10-15/h2,5-8,10,13H,3-4,9,11-12H2,1H3. The van der Waals surface area contributed by atoms with Gasteiger partial charge in [0.15, 0.2) is 0 Å². The van der Waals surface area contributed by atoms with E-state index >= 15 is 0 Å². The zero-order valence-electron chi connectivity index (χ0n) is 14.0. The molecular formula is C18H20FN3O3. The molecule has 25 heavy (non-hydrogen) atoms. The van der Waals surface area contributed by atoms with Gasteiger partial charge in [-0.3, -0.25) is 9.78 Å². The Hall–Kier alpha value is -2.54. The zero-order valence-corrected chi connectivity index (χ0v) is 14.0. The Balaban J connectivity index is 1.79. The summed E-state index contributed by atoms with van der Waals surface area (Å²) in [7, 11) is 1.51. The molecule has 6 nitrogen and oxygen atoms in total. The van der Waals surface area contributed by atoms with E-state index < -0.39 is 0 Å². The highest BCUT2D eigenvalue weighted by atomic mass is 19.1. The number of amides is 1. The number of ether oxygens (including phenoxy) is 2. The van der Waals surface area contributed by atoms with Crippen molar-refractivity contribution in [1.29, 1.82) is 0 Å². The number of carbonyl (C=O) groups excluding carboxylic acids is 1. The molecule has 0 aliphatic carbocycles. The molecule has 1 atom stereocenters. The molecule has 1 unspecified atom stereocenters. The van der Waals surface area contributed by atoms with Crippen LogP contribution < -0.4 is 4.74 Å². The Morgan fingerprint density at radius 1 is 1.36 bits per heavy atom. The summed E-state index contributed by atoms with van der Waals surface area (Å²) in [5, 5.41) is 0. The first-order chi connectivity index (χ1) is 12.2. The Bertz CT molecular complexity index is 741. The third-order valence-electron chi connectivity index (χ3n) is 4.13. The van der Waals surface area contributed by atoms with Crippen LogP contribution in [-0.4, -0.2) is 47.6 Å². The predicted octanol–water partition coefficient (Wildman–Crippen LogP) is 2.76. The predicted molar refractivity (Wildman–Crippen MR) is 88.9 cm³/mol. The van der Waals surface area contributed by atoms with Gasteiger partial charge in [0.25, 0.3) is 0 Å². The molecule has 1 amide bonds. The summed E-state index contributed by atoms with van der Waals surface area (Å²) < 4.78 is 24.0. The Kier molecular flexibility index (Phi) is 5.55. The third kappa shape index (κ3) is 4.30. The van der Waals surface area contributed by atoms with Crippen molar-refractivity contribution >= 4 is 5.91 Å². The maximum atomic E-state index is 13.4. The minimum atomic E-state index is -0.378. The van der Waals surface area contributed by atoms with Crippen molar-refractivity contribution in [2.45, 2.75) is 18.8 Å². The Morgan fingerprint density at radius 3 is 3.00 bits per heavy atom. The SMILES string of the molecule is COCC(=O)N1CCCC(c2nccnc2Oc2cccc(F)c2)C1. The molecule has 0 N–H and O–H groups in total. The fourth-order valence-electron chi connectivity index (χ4n) is 2.98. The van der Waals surface area contributed by atoms with Crippen molar-refractivity contribution < 1.29 is 18.7 Å². The lowest BCUT2D eigenvalue weighted by Gasteiger charge is -2.32. The van der Waals surface area contributed by atoms with Crippen molar-refractivity contribution in [2.75, 3.05) is 26.8 Å². The van der Waals surface area contributed by atoms with Crippen LogP contribution in [0.2, 0.25) is 0 Å². The van der Waals surface area contributed by atoms with Crippen molar-refractivity contribution in [3.8, 4) is 11.6 Å². The first kappa shape index (κ1) is 17.3. The molecule has 1 saturated heterocycles. The second-order valence-corrected chi connectivity index (χ2v) is 5.92. The highest BCUT2D eigenvalue weighted by molar-refractivity contribution is 5.77. The number of piperidine rings is 1. The number of nitrogens with zero attached hydrogens (tertiary/aromatic N) is 3. The molecule has 2 heterocycles. The smallest absolute Gasteiger partial charge is 0.248 e. The number of aromatic nitrogens is 2. The first-order valence-electron chi connectivity index (χ1n) is 8.18. The van der Waals surface area contributed by atoms with E-state index in [1.54, 1.807) is 23.2 Å². The van der Waals surface area contributed by atoms with Crippen molar-refractivity contribution in [2.24, 2.45) is 0 Å². The van der Waals surface area contributed by atoms with Gasteiger partial charge in [0.2, 0.25) is 11.8 Å². The van der Waals surface area contributed by atoms with E-state index in [2.05, 4.69) is 9.97 Å². The van der Waals surface area contributed by atoms with Crippen LogP contribution in [0.3, 0.4) is 0 Å². The molecule has 2 aromatic rings. The number of hydrogen-bond donors (Lipinski definition) is 0. The van der Waals surface area contributed by atoms with Gasteiger partial charge in [-0.15, -0.1) is 0 Å². The van der Waals surface area contributed by atoms with Crippen LogP contribution in [0.1, 0.15) is 24.5 Å². The summed E-state index contributed by atoms with van der Waals surface area (Å²) in [5.74, 6) is 0.316. The third-order valence-corrected chi connectivity index (χ3v) is 4.13. The number of rotatable bonds is 5. The average Bonchev–Trinajstić information content (AvgIpc) is 2.62. The van der Waals surface area contributed by atoms with Gasteiger partial charge in [-0.25, -0.2) is 9.37 Å². The number of methoxy groups -OCH3 is 1. The fourth-order valence-corrected chi connectivity index (χ4v) is 2.98. The quantitative estimate of drug-likeness (QED) is 0.834. The summed E-state index contributed by atoms with van der Waals surface area (Å²) in [5.41, 5.74) is 0.682. The van der Waals surface area contributed by atoms with Gasteiger partial charge < -0.3 is 14.4 Å².